The van der Waals surface area contributed by atoms with Crippen molar-refractivity contribution in [3.63, 3.8) is 0 Å². The zero-order chi connectivity index (χ0) is 11.1. The van der Waals surface area contributed by atoms with Crippen molar-refractivity contribution >= 4 is 12.0 Å². The zero-order valence-corrected chi connectivity index (χ0v) is 8.91. The number of nitrogens with one attached hydrogen (secondary N) is 1. The van der Waals surface area contributed by atoms with E-state index in [1.54, 1.807) is 7.05 Å². The van der Waals surface area contributed by atoms with Crippen LogP contribution in [0, 0.1) is 0 Å². The summed E-state index contributed by atoms with van der Waals surface area (Å²) in [5.41, 5.74) is 0. The second kappa shape index (κ2) is 6.23. The van der Waals surface area contributed by atoms with Crippen molar-refractivity contribution in [1.82, 2.24) is 10.2 Å². The second-order valence-electron chi connectivity index (χ2n) is 3.28. The fraction of sp³-hybridized carbons (Fsp3) is 0.778. The van der Waals surface area contributed by atoms with Gasteiger partial charge in [-0.05, 0) is 13.3 Å². The van der Waals surface area contributed by atoms with Crippen LogP contribution in [-0.2, 0) is 4.79 Å². The van der Waals surface area contributed by atoms with E-state index in [0.717, 1.165) is 12.8 Å². The molecule has 0 aromatic rings. The Hall–Kier alpha value is -1.26. The highest BCUT2D eigenvalue weighted by molar-refractivity contribution is 5.82. The van der Waals surface area contributed by atoms with E-state index in [4.69, 9.17) is 5.11 Å². The Morgan fingerprint density at radius 2 is 2.07 bits per heavy atom. The highest BCUT2D eigenvalue weighted by Gasteiger charge is 2.15. The quantitative estimate of drug-likeness (QED) is 0.696. The lowest BCUT2D eigenvalue weighted by Gasteiger charge is -2.19. The Bertz CT molecular complexity index is 206. The molecule has 0 aromatic heterocycles. The lowest BCUT2D eigenvalue weighted by molar-refractivity contribution is -0.138. The fourth-order valence-electron chi connectivity index (χ4n) is 0.854. The third-order valence-corrected chi connectivity index (χ3v) is 1.90. The molecule has 0 saturated heterocycles. The fourth-order valence-corrected chi connectivity index (χ4v) is 0.854. The molecule has 0 aliphatic heterocycles. The average Bonchev–Trinajstić information content (AvgIpc) is 2.13. The Labute approximate surface area is 84.1 Å². The van der Waals surface area contributed by atoms with Crippen LogP contribution in [0.2, 0.25) is 0 Å². The van der Waals surface area contributed by atoms with Gasteiger partial charge in [0.2, 0.25) is 0 Å². The summed E-state index contributed by atoms with van der Waals surface area (Å²) in [4.78, 5) is 23.2. The van der Waals surface area contributed by atoms with Gasteiger partial charge in [0.1, 0.15) is 6.04 Å². The van der Waals surface area contributed by atoms with Gasteiger partial charge in [-0.1, -0.05) is 13.3 Å². The van der Waals surface area contributed by atoms with E-state index < -0.39 is 12.0 Å². The highest BCUT2D eigenvalue weighted by atomic mass is 16.4. The highest BCUT2D eigenvalue weighted by Crippen LogP contribution is 1.93. The minimum Gasteiger partial charge on any atom is -0.480 e. The summed E-state index contributed by atoms with van der Waals surface area (Å²) in [6, 6.07) is -1.18. The van der Waals surface area contributed by atoms with E-state index in [0.29, 0.717) is 6.54 Å². The molecule has 0 radical (unpaired) electrons. The first-order chi connectivity index (χ1) is 6.49. The number of amides is 2. The summed E-state index contributed by atoms with van der Waals surface area (Å²) >= 11 is 0. The Kier molecular flexibility index (Phi) is 5.67. The molecule has 0 fully saturated rings. The van der Waals surface area contributed by atoms with Gasteiger partial charge in [0.25, 0.3) is 0 Å². The van der Waals surface area contributed by atoms with Crippen LogP contribution in [0.3, 0.4) is 0 Å². The summed E-state index contributed by atoms with van der Waals surface area (Å²) in [6.45, 7) is 4.12. The molecule has 1 atom stereocenters. The van der Waals surface area contributed by atoms with E-state index >= 15 is 0 Å². The predicted molar refractivity (Wildman–Crippen MR) is 53.2 cm³/mol. The number of hydrogen-bond donors (Lipinski definition) is 2. The minimum absolute atomic E-state index is 0.339. The molecule has 0 aliphatic rings. The van der Waals surface area contributed by atoms with E-state index in [1.165, 1.54) is 11.8 Å². The molecule has 0 heterocycles. The summed E-state index contributed by atoms with van der Waals surface area (Å²) in [7, 11) is 1.65. The number of carbonyl (C=O) groups is 2. The maximum Gasteiger partial charge on any atom is 0.325 e. The van der Waals surface area contributed by atoms with Crippen molar-refractivity contribution in [1.29, 1.82) is 0 Å². The summed E-state index contributed by atoms with van der Waals surface area (Å²) < 4.78 is 0. The number of carboxylic acid groups (broad SMARTS) is 1. The first kappa shape index (κ1) is 12.7. The van der Waals surface area contributed by atoms with E-state index in [1.807, 2.05) is 6.92 Å². The van der Waals surface area contributed by atoms with Gasteiger partial charge in [0, 0.05) is 13.6 Å². The van der Waals surface area contributed by atoms with E-state index in [9.17, 15) is 9.59 Å². The van der Waals surface area contributed by atoms with Gasteiger partial charge < -0.3 is 15.3 Å². The number of unbranched alkanes of at least 4 members (excludes halogenated alkanes) is 1. The van der Waals surface area contributed by atoms with Crippen molar-refractivity contribution in [2.75, 3.05) is 13.6 Å². The summed E-state index contributed by atoms with van der Waals surface area (Å²) in [6.07, 6.45) is 1.93. The number of carbonyl (C=O) groups excluding carboxylic acids is 1. The van der Waals surface area contributed by atoms with Crippen LogP contribution in [0.5, 0.6) is 0 Å². The molecule has 0 rings (SSSR count). The van der Waals surface area contributed by atoms with Crippen molar-refractivity contribution in [2.45, 2.75) is 32.7 Å². The van der Waals surface area contributed by atoms with Gasteiger partial charge in [-0.2, -0.15) is 0 Å². The van der Waals surface area contributed by atoms with E-state index in [2.05, 4.69) is 5.32 Å². The topological polar surface area (TPSA) is 69.6 Å². The molecule has 0 aliphatic carbocycles. The van der Waals surface area contributed by atoms with Crippen LogP contribution < -0.4 is 5.32 Å². The molecule has 2 N–H and O–H groups in total. The van der Waals surface area contributed by atoms with Gasteiger partial charge in [0.15, 0.2) is 0 Å². The van der Waals surface area contributed by atoms with E-state index in [-0.39, 0.29) is 6.03 Å². The van der Waals surface area contributed by atoms with Gasteiger partial charge >= 0.3 is 12.0 Å². The molecular formula is C9H18N2O3. The number of rotatable bonds is 5. The van der Waals surface area contributed by atoms with Gasteiger partial charge in [0.05, 0.1) is 0 Å². The number of aliphatic carboxylic acids is 1. The molecular weight excluding hydrogens is 184 g/mol. The molecule has 0 saturated carbocycles. The molecule has 0 aromatic carbocycles. The van der Waals surface area contributed by atoms with Crippen molar-refractivity contribution in [3.05, 3.63) is 0 Å². The lowest BCUT2D eigenvalue weighted by Crippen LogP contribution is -2.45. The molecule has 5 heteroatoms. The van der Waals surface area contributed by atoms with Crippen LogP contribution in [0.15, 0.2) is 0 Å². The molecule has 0 unspecified atom stereocenters. The molecule has 2 amide bonds. The van der Waals surface area contributed by atoms with Crippen LogP contribution >= 0.6 is 0 Å². The van der Waals surface area contributed by atoms with Crippen LogP contribution in [0.1, 0.15) is 26.7 Å². The van der Waals surface area contributed by atoms with Gasteiger partial charge in [-0.15, -0.1) is 0 Å². The summed E-state index contributed by atoms with van der Waals surface area (Å²) in [5, 5.41) is 10.9. The molecule has 5 nitrogen and oxygen atoms in total. The zero-order valence-electron chi connectivity index (χ0n) is 8.91. The van der Waals surface area contributed by atoms with Gasteiger partial charge in [-0.25, -0.2) is 4.79 Å². The SMILES string of the molecule is CCCCN(C)C(=O)N[C@H](C)C(=O)O. The Morgan fingerprint density at radius 3 is 2.50 bits per heavy atom. The van der Waals surface area contributed by atoms with Gasteiger partial charge in [-0.3, -0.25) is 4.79 Å². The smallest absolute Gasteiger partial charge is 0.325 e. The maximum atomic E-state index is 11.3. The van der Waals surface area contributed by atoms with Crippen LogP contribution in [-0.4, -0.2) is 41.6 Å². The normalized spacial score (nSPS) is 11.9. The first-order valence-corrected chi connectivity index (χ1v) is 4.73. The number of nitrogens with zero attached hydrogens (tertiary/aromatic N) is 1. The first-order valence-electron chi connectivity index (χ1n) is 4.73. The van der Waals surface area contributed by atoms with Crippen LogP contribution in [0.4, 0.5) is 4.79 Å². The summed E-state index contributed by atoms with van der Waals surface area (Å²) in [5.74, 6) is -1.03. The number of urea groups is 1. The molecule has 0 bridgehead atoms. The number of hydrogen-bond acceptors (Lipinski definition) is 2. The molecule has 0 spiro atoms. The van der Waals surface area contributed by atoms with Crippen molar-refractivity contribution in [3.8, 4) is 0 Å². The van der Waals surface area contributed by atoms with Crippen molar-refractivity contribution < 1.29 is 14.7 Å². The molecule has 14 heavy (non-hydrogen) atoms. The standard InChI is InChI=1S/C9H18N2O3/c1-4-5-6-11(3)9(14)10-7(2)8(12)13/h7H,4-6H2,1-3H3,(H,10,14)(H,12,13)/t7-/m1/s1. The van der Waals surface area contributed by atoms with Crippen LogP contribution in [0.25, 0.3) is 0 Å². The minimum atomic E-state index is -1.03. The lowest BCUT2D eigenvalue weighted by atomic mass is 10.3. The third-order valence-electron chi connectivity index (χ3n) is 1.90. The second-order valence-corrected chi connectivity index (χ2v) is 3.28. The Morgan fingerprint density at radius 1 is 1.50 bits per heavy atom. The third kappa shape index (κ3) is 4.69. The maximum absolute atomic E-state index is 11.3. The predicted octanol–water partition coefficient (Wildman–Crippen LogP) is 0.901. The van der Waals surface area contributed by atoms with Crippen molar-refractivity contribution in [2.24, 2.45) is 0 Å². The molecule has 82 valence electrons. The average molecular weight is 202 g/mol. The number of carboxylic acids is 1. The monoisotopic (exact) mass is 202 g/mol. The largest absolute Gasteiger partial charge is 0.480 e. The Balaban J connectivity index is 3.88.